The van der Waals surface area contributed by atoms with E-state index < -0.39 is 5.60 Å². The maximum atomic E-state index is 11.7. The second-order valence-electron chi connectivity index (χ2n) is 5.58. The quantitative estimate of drug-likeness (QED) is 0.555. The summed E-state index contributed by atoms with van der Waals surface area (Å²) >= 11 is 0. The molecule has 0 saturated carbocycles. The molecule has 0 spiro atoms. The number of primary amides is 1. The second kappa shape index (κ2) is 15.8. The maximum Gasteiger partial charge on any atom is 0.410 e. The van der Waals surface area contributed by atoms with Crippen LogP contribution in [0.15, 0.2) is 0 Å². The number of ether oxygens (including phenoxy) is 1. The third kappa shape index (κ3) is 17.6. The molecule has 0 aromatic rings. The van der Waals surface area contributed by atoms with E-state index in [1.54, 1.807) is 16.7 Å². The van der Waals surface area contributed by atoms with Crippen LogP contribution in [-0.2, 0) is 47.0 Å². The number of nitrogens with zero attached hydrogens (tertiary/aromatic N) is 2. The molecule has 0 bridgehead atoms. The second-order valence-corrected chi connectivity index (χ2v) is 5.58. The van der Waals surface area contributed by atoms with E-state index >= 15 is 0 Å². The zero-order chi connectivity index (χ0) is 17.9. The number of rotatable bonds is 0. The summed E-state index contributed by atoms with van der Waals surface area (Å²) in [6.07, 6.45) is -0.296. The van der Waals surface area contributed by atoms with Crippen molar-refractivity contribution in [2.24, 2.45) is 5.73 Å². The van der Waals surface area contributed by atoms with E-state index in [0.29, 0.717) is 26.2 Å². The standard InChI is InChI=1S/C11H20N2O3.C2H5NO.CH4O.CH3.Y/c1-9(14)12-5-7-13(8-6-12)10(15)16-11(2,3)4;1-2(3)4;1-2;;/h5-8H2,1-4H3;1H3,(H2,3,4);2H,1H3;1H3;/q;;;-1;. The van der Waals surface area contributed by atoms with Gasteiger partial charge < -0.3 is 32.8 Å². The number of hydrogen-bond donors (Lipinski definition) is 2. The van der Waals surface area contributed by atoms with Crippen molar-refractivity contribution in [1.29, 1.82) is 0 Å². The summed E-state index contributed by atoms with van der Waals surface area (Å²) < 4.78 is 5.26. The molecule has 0 atom stereocenters. The molecule has 0 aromatic carbocycles. The number of carbonyl (C=O) groups is 3. The Labute approximate surface area is 170 Å². The van der Waals surface area contributed by atoms with Gasteiger partial charge in [0.15, 0.2) is 0 Å². The van der Waals surface area contributed by atoms with Gasteiger partial charge in [-0.15, -0.1) is 0 Å². The third-order valence-corrected chi connectivity index (χ3v) is 2.38. The number of piperazine rings is 1. The van der Waals surface area contributed by atoms with Gasteiger partial charge in [0.2, 0.25) is 11.8 Å². The van der Waals surface area contributed by atoms with Crippen molar-refractivity contribution in [2.75, 3.05) is 33.3 Å². The van der Waals surface area contributed by atoms with Gasteiger partial charge in [-0.25, -0.2) is 4.79 Å². The van der Waals surface area contributed by atoms with Crippen molar-refractivity contribution in [2.45, 2.75) is 40.2 Å². The molecule has 3 N–H and O–H groups in total. The van der Waals surface area contributed by atoms with E-state index in [-0.39, 0.29) is 58.0 Å². The van der Waals surface area contributed by atoms with E-state index in [2.05, 4.69) is 5.73 Å². The van der Waals surface area contributed by atoms with E-state index in [4.69, 9.17) is 9.84 Å². The number of hydrogen-bond acceptors (Lipinski definition) is 5. The first kappa shape index (κ1) is 31.1. The molecule has 9 heteroatoms. The summed E-state index contributed by atoms with van der Waals surface area (Å²) in [6, 6.07) is 0. The Bertz CT molecular complexity index is 361. The smallest absolute Gasteiger partial charge is 0.410 e. The van der Waals surface area contributed by atoms with E-state index in [9.17, 15) is 14.4 Å². The average molecular weight is 423 g/mol. The van der Waals surface area contributed by atoms with Crippen LogP contribution < -0.4 is 5.73 Å². The Kier molecular flexibility index (Phi) is 20.4. The summed E-state index contributed by atoms with van der Waals surface area (Å²) in [5.74, 6) is -0.274. The summed E-state index contributed by atoms with van der Waals surface area (Å²) in [5.41, 5.74) is 4.01. The van der Waals surface area contributed by atoms with Crippen LogP contribution in [0.3, 0.4) is 0 Å². The van der Waals surface area contributed by atoms with Gasteiger partial charge in [0.05, 0.1) is 0 Å². The fourth-order valence-electron chi connectivity index (χ4n) is 1.53. The molecule has 0 aliphatic carbocycles. The SMILES string of the molecule is CC(=O)N1CCN(C(=O)OC(C)(C)C)CC1.CC(N)=O.CO.[CH3-].[Y]. The Morgan fingerprint density at radius 3 is 1.50 bits per heavy atom. The first-order valence-corrected chi connectivity index (χ1v) is 6.97. The molecule has 1 aliphatic heterocycles. The molecule has 3 amide bonds. The van der Waals surface area contributed by atoms with Crippen molar-refractivity contribution < 1.29 is 56.9 Å². The van der Waals surface area contributed by atoms with Gasteiger partial charge in [-0.05, 0) is 20.8 Å². The molecule has 1 fully saturated rings. The van der Waals surface area contributed by atoms with Crippen LogP contribution in [-0.4, -0.2) is 71.7 Å². The van der Waals surface area contributed by atoms with Crippen molar-refractivity contribution >= 4 is 17.9 Å². The minimum atomic E-state index is -0.463. The largest absolute Gasteiger partial charge is 0.444 e. The van der Waals surface area contributed by atoms with Gasteiger partial charge >= 0.3 is 6.09 Å². The van der Waals surface area contributed by atoms with E-state index in [1.165, 1.54) is 6.92 Å². The normalized spacial score (nSPS) is 12.8. The maximum absolute atomic E-state index is 11.7. The van der Waals surface area contributed by atoms with Gasteiger partial charge in [-0.3, -0.25) is 9.59 Å². The molecule has 1 radical (unpaired) electrons. The topological polar surface area (TPSA) is 113 Å². The minimum Gasteiger partial charge on any atom is -0.444 e. The number of aliphatic hydroxyl groups excluding tert-OH is 1. The minimum absolute atomic E-state index is 0. The number of amides is 3. The van der Waals surface area contributed by atoms with Crippen LogP contribution in [0.1, 0.15) is 34.6 Å². The first-order chi connectivity index (χ1) is 10.0. The number of nitrogens with two attached hydrogens (primary N) is 1. The van der Waals surface area contributed by atoms with Crippen LogP contribution in [0.2, 0.25) is 0 Å². The predicted molar refractivity (Wildman–Crippen MR) is 89.5 cm³/mol. The predicted octanol–water partition coefficient (Wildman–Crippen LogP) is 0.633. The van der Waals surface area contributed by atoms with Crippen molar-refractivity contribution in [3.63, 3.8) is 0 Å². The monoisotopic (exact) mass is 423 g/mol. The molecule has 0 unspecified atom stereocenters. The van der Waals surface area contributed by atoms with Gasteiger partial charge in [-0.2, -0.15) is 0 Å². The van der Waals surface area contributed by atoms with E-state index in [0.717, 1.165) is 7.11 Å². The molecular weight excluding hydrogens is 391 g/mol. The Balaban J connectivity index is -0.000000220. The van der Waals surface area contributed by atoms with Crippen molar-refractivity contribution in [1.82, 2.24) is 9.80 Å². The fraction of sp³-hybridized carbons (Fsp3) is 0.733. The zero-order valence-corrected chi connectivity index (χ0v) is 18.8. The molecule has 0 aromatic heterocycles. The van der Waals surface area contributed by atoms with Gasteiger partial charge in [0.25, 0.3) is 0 Å². The van der Waals surface area contributed by atoms with Gasteiger partial charge in [-0.1, -0.05) is 0 Å². The fourth-order valence-corrected chi connectivity index (χ4v) is 1.53. The molecule has 1 aliphatic rings. The number of aliphatic hydroxyl groups is 1. The number of carbonyl (C=O) groups excluding carboxylic acids is 3. The molecular formula is C15H32N3O5Y-. The average Bonchev–Trinajstić information content (AvgIpc) is 2.38. The van der Waals surface area contributed by atoms with Crippen LogP contribution in [0, 0.1) is 7.43 Å². The Morgan fingerprint density at radius 1 is 0.958 bits per heavy atom. The summed E-state index contributed by atoms with van der Waals surface area (Å²) in [5, 5.41) is 7.00. The van der Waals surface area contributed by atoms with Gasteiger partial charge in [0, 0.05) is 79.8 Å². The molecule has 24 heavy (non-hydrogen) atoms. The third-order valence-electron chi connectivity index (χ3n) is 2.38. The molecule has 1 rings (SSSR count). The summed E-state index contributed by atoms with van der Waals surface area (Å²) in [4.78, 5) is 35.4. The van der Waals surface area contributed by atoms with Crippen LogP contribution >= 0.6 is 0 Å². The van der Waals surface area contributed by atoms with E-state index in [1.807, 2.05) is 20.8 Å². The zero-order valence-electron chi connectivity index (χ0n) is 16.0. The Morgan fingerprint density at radius 2 is 1.25 bits per heavy atom. The molecule has 8 nitrogen and oxygen atoms in total. The summed E-state index contributed by atoms with van der Waals surface area (Å²) in [7, 11) is 1.00. The van der Waals surface area contributed by atoms with Crippen LogP contribution in [0.5, 0.6) is 0 Å². The first-order valence-electron chi connectivity index (χ1n) is 6.97. The van der Waals surface area contributed by atoms with Crippen LogP contribution in [0.25, 0.3) is 0 Å². The molecule has 1 saturated heterocycles. The van der Waals surface area contributed by atoms with Gasteiger partial charge in [0.1, 0.15) is 5.60 Å². The van der Waals surface area contributed by atoms with Crippen molar-refractivity contribution in [3.8, 4) is 0 Å². The molecule has 1 heterocycles. The summed E-state index contributed by atoms with van der Waals surface area (Å²) in [6.45, 7) is 10.7. The Hall–Kier alpha value is -0.726. The van der Waals surface area contributed by atoms with Crippen molar-refractivity contribution in [3.05, 3.63) is 7.43 Å². The van der Waals surface area contributed by atoms with Crippen LogP contribution in [0.4, 0.5) is 4.79 Å². The molecule has 141 valence electrons.